The molecular weight excluding hydrogens is 284 g/mol. The van der Waals surface area contributed by atoms with Crippen LogP contribution in [0.3, 0.4) is 0 Å². The summed E-state index contributed by atoms with van der Waals surface area (Å²) in [6.45, 7) is 4.30. The Labute approximate surface area is 132 Å². The summed E-state index contributed by atoms with van der Waals surface area (Å²) < 4.78 is 5.68. The lowest BCUT2D eigenvalue weighted by atomic mass is 10.1. The van der Waals surface area contributed by atoms with Gasteiger partial charge in [0.15, 0.2) is 0 Å². The summed E-state index contributed by atoms with van der Waals surface area (Å²) >= 11 is 0. The second-order valence-electron chi connectivity index (χ2n) is 6.26. The van der Waals surface area contributed by atoms with Crippen LogP contribution in [0.1, 0.15) is 19.3 Å². The van der Waals surface area contributed by atoms with Gasteiger partial charge in [0.05, 0.1) is 6.10 Å². The van der Waals surface area contributed by atoms with Crippen LogP contribution in [0.5, 0.6) is 0 Å². The quantitative estimate of drug-likeness (QED) is 0.713. The van der Waals surface area contributed by atoms with Crippen molar-refractivity contribution in [3.8, 4) is 0 Å². The fourth-order valence-corrected chi connectivity index (χ4v) is 2.93. The Hall–Kier alpha value is -1.18. The number of nitrogens with zero attached hydrogens (tertiary/aromatic N) is 3. The summed E-state index contributed by atoms with van der Waals surface area (Å²) in [7, 11) is 3.55. The molecule has 2 fully saturated rings. The van der Waals surface area contributed by atoms with Gasteiger partial charge in [-0.15, -0.1) is 0 Å². The second-order valence-corrected chi connectivity index (χ2v) is 6.26. The number of hydrogen-bond acceptors (Lipinski definition) is 5. The molecule has 7 nitrogen and oxygen atoms in total. The van der Waals surface area contributed by atoms with E-state index in [2.05, 4.69) is 4.90 Å². The zero-order valence-electron chi connectivity index (χ0n) is 13.7. The number of carbonyl (C=O) groups excluding carboxylic acids is 2. The maximum absolute atomic E-state index is 12.4. The van der Waals surface area contributed by atoms with Gasteiger partial charge in [-0.05, 0) is 12.8 Å². The summed E-state index contributed by atoms with van der Waals surface area (Å²) in [5.74, 6) is 0.241. The third kappa shape index (κ3) is 4.41. The maximum Gasteiger partial charge on any atom is 0.251 e. The third-order valence-corrected chi connectivity index (χ3v) is 4.47. The SMILES string of the molecule is CN(C)C(=O)CCN1CCN(C(=O)[C@@H]2CC[C@H](CN)O2)CC1. The van der Waals surface area contributed by atoms with Crippen molar-refractivity contribution in [2.75, 3.05) is 53.4 Å². The molecule has 0 saturated carbocycles. The fourth-order valence-electron chi connectivity index (χ4n) is 2.93. The lowest BCUT2D eigenvalue weighted by Crippen LogP contribution is -2.51. The second kappa shape index (κ2) is 7.89. The van der Waals surface area contributed by atoms with Crippen molar-refractivity contribution in [2.45, 2.75) is 31.5 Å². The Balaban J connectivity index is 1.70. The molecule has 0 aromatic rings. The average Bonchev–Trinajstić information content (AvgIpc) is 3.01. The largest absolute Gasteiger partial charge is 0.364 e. The Bertz CT molecular complexity index is 394. The molecule has 0 radical (unpaired) electrons. The summed E-state index contributed by atoms with van der Waals surface area (Å²) in [5, 5.41) is 0. The standard InChI is InChI=1S/C15H28N4O3/c1-17(2)14(20)5-6-18-7-9-19(10-8-18)15(21)13-4-3-12(11-16)22-13/h12-13H,3-11,16H2,1-2H3/t12-,13+/m1/s1. The first-order chi connectivity index (χ1) is 10.5. The minimum absolute atomic E-state index is 0.0345. The Morgan fingerprint density at radius 2 is 1.86 bits per heavy atom. The van der Waals surface area contributed by atoms with Gasteiger partial charge in [-0.2, -0.15) is 0 Å². The number of nitrogens with two attached hydrogens (primary N) is 1. The van der Waals surface area contributed by atoms with Crippen LogP contribution in [0.15, 0.2) is 0 Å². The predicted octanol–water partition coefficient (Wildman–Crippen LogP) is -0.885. The van der Waals surface area contributed by atoms with Crippen LogP contribution in [0.2, 0.25) is 0 Å². The Morgan fingerprint density at radius 3 is 2.41 bits per heavy atom. The molecule has 0 aliphatic carbocycles. The molecule has 2 rings (SSSR count). The van der Waals surface area contributed by atoms with Crippen LogP contribution < -0.4 is 5.73 Å². The molecule has 22 heavy (non-hydrogen) atoms. The molecule has 2 aliphatic heterocycles. The van der Waals surface area contributed by atoms with E-state index in [4.69, 9.17) is 10.5 Å². The number of rotatable bonds is 5. The zero-order chi connectivity index (χ0) is 16.1. The van der Waals surface area contributed by atoms with E-state index >= 15 is 0 Å². The van der Waals surface area contributed by atoms with Crippen LogP contribution in [-0.4, -0.2) is 92.1 Å². The number of carbonyl (C=O) groups is 2. The molecule has 2 atom stereocenters. The van der Waals surface area contributed by atoms with E-state index in [0.29, 0.717) is 26.1 Å². The van der Waals surface area contributed by atoms with Crippen molar-refractivity contribution >= 4 is 11.8 Å². The van der Waals surface area contributed by atoms with E-state index in [1.54, 1.807) is 19.0 Å². The zero-order valence-corrected chi connectivity index (χ0v) is 13.7. The van der Waals surface area contributed by atoms with Gasteiger partial charge >= 0.3 is 0 Å². The van der Waals surface area contributed by atoms with E-state index in [9.17, 15) is 9.59 Å². The lowest BCUT2D eigenvalue weighted by molar-refractivity contribution is -0.144. The van der Waals surface area contributed by atoms with Gasteiger partial charge in [-0.25, -0.2) is 0 Å². The molecule has 0 aromatic carbocycles. The average molecular weight is 312 g/mol. The van der Waals surface area contributed by atoms with Gasteiger partial charge in [0.1, 0.15) is 6.10 Å². The lowest BCUT2D eigenvalue weighted by Gasteiger charge is -2.35. The van der Waals surface area contributed by atoms with Crippen LogP contribution in [0, 0.1) is 0 Å². The smallest absolute Gasteiger partial charge is 0.251 e. The molecule has 0 unspecified atom stereocenters. The predicted molar refractivity (Wildman–Crippen MR) is 83.3 cm³/mol. The molecule has 0 bridgehead atoms. The molecule has 2 aliphatic rings. The molecule has 7 heteroatoms. The normalized spacial score (nSPS) is 26.2. The Kier molecular flexibility index (Phi) is 6.16. The highest BCUT2D eigenvalue weighted by Gasteiger charge is 2.34. The van der Waals surface area contributed by atoms with Crippen LogP contribution >= 0.6 is 0 Å². The van der Waals surface area contributed by atoms with Gasteiger partial charge in [-0.1, -0.05) is 0 Å². The molecule has 2 amide bonds. The molecular formula is C15H28N4O3. The van der Waals surface area contributed by atoms with Crippen LogP contribution in [0.25, 0.3) is 0 Å². The monoisotopic (exact) mass is 312 g/mol. The summed E-state index contributed by atoms with van der Waals surface area (Å²) in [5.41, 5.74) is 5.58. The van der Waals surface area contributed by atoms with Gasteiger partial charge in [0.25, 0.3) is 5.91 Å². The highest BCUT2D eigenvalue weighted by Crippen LogP contribution is 2.21. The van der Waals surface area contributed by atoms with Gasteiger partial charge < -0.3 is 20.3 Å². The first-order valence-electron chi connectivity index (χ1n) is 8.08. The van der Waals surface area contributed by atoms with Crippen molar-refractivity contribution in [3.05, 3.63) is 0 Å². The van der Waals surface area contributed by atoms with Gasteiger partial charge in [-0.3, -0.25) is 14.5 Å². The summed E-state index contributed by atoms with van der Waals surface area (Å²) in [4.78, 5) is 29.7. The molecule has 126 valence electrons. The number of amides is 2. The highest BCUT2D eigenvalue weighted by atomic mass is 16.5. The van der Waals surface area contributed by atoms with E-state index in [1.165, 1.54) is 0 Å². The van der Waals surface area contributed by atoms with Crippen LogP contribution in [0.4, 0.5) is 0 Å². The van der Waals surface area contributed by atoms with Crippen molar-refractivity contribution in [1.29, 1.82) is 0 Å². The molecule has 2 N–H and O–H groups in total. The summed E-state index contributed by atoms with van der Waals surface area (Å²) in [6, 6.07) is 0. The number of piperazine rings is 1. The molecule has 2 saturated heterocycles. The summed E-state index contributed by atoms with van der Waals surface area (Å²) in [6.07, 6.45) is 1.91. The topological polar surface area (TPSA) is 79.1 Å². The fraction of sp³-hybridized carbons (Fsp3) is 0.867. The molecule has 0 spiro atoms. The van der Waals surface area contributed by atoms with Crippen molar-refractivity contribution in [3.63, 3.8) is 0 Å². The van der Waals surface area contributed by atoms with E-state index in [0.717, 1.165) is 32.5 Å². The first kappa shape index (κ1) is 17.2. The molecule has 0 aromatic heterocycles. The van der Waals surface area contributed by atoms with Crippen molar-refractivity contribution < 1.29 is 14.3 Å². The van der Waals surface area contributed by atoms with E-state index < -0.39 is 0 Å². The number of hydrogen-bond donors (Lipinski definition) is 1. The Morgan fingerprint density at radius 1 is 1.18 bits per heavy atom. The van der Waals surface area contributed by atoms with Gasteiger partial charge in [0.2, 0.25) is 5.91 Å². The number of ether oxygens (including phenoxy) is 1. The minimum Gasteiger partial charge on any atom is -0.364 e. The minimum atomic E-state index is -0.310. The van der Waals surface area contributed by atoms with Crippen molar-refractivity contribution in [2.24, 2.45) is 5.73 Å². The molecule has 2 heterocycles. The van der Waals surface area contributed by atoms with E-state index in [1.807, 2.05) is 4.90 Å². The third-order valence-electron chi connectivity index (χ3n) is 4.47. The van der Waals surface area contributed by atoms with E-state index in [-0.39, 0.29) is 24.0 Å². The first-order valence-corrected chi connectivity index (χ1v) is 8.08. The van der Waals surface area contributed by atoms with Crippen LogP contribution in [-0.2, 0) is 14.3 Å². The highest BCUT2D eigenvalue weighted by molar-refractivity contribution is 5.81. The maximum atomic E-state index is 12.4. The van der Waals surface area contributed by atoms with Crippen molar-refractivity contribution in [1.82, 2.24) is 14.7 Å². The van der Waals surface area contributed by atoms with Gasteiger partial charge in [0, 0.05) is 59.8 Å².